The van der Waals surface area contributed by atoms with Crippen LogP contribution in [0.1, 0.15) is 24.5 Å². The van der Waals surface area contributed by atoms with Crippen molar-refractivity contribution in [2.45, 2.75) is 25.0 Å². The standard InChI is InChI=1S/C20H24N2O3/c1-3-13-12-21-8-6-14(13)10-19(21)20(23)16-7-9-22(24)18-5-4-15(25-2)11-17(16)18/h3-5,7,9,11,13-14,19-20,23H,1,6,8,10,12H2,2H3/t13-,14+,19-,20-/m1/s1. The molecule has 132 valence electrons. The van der Waals surface area contributed by atoms with E-state index in [-0.39, 0.29) is 6.04 Å². The van der Waals surface area contributed by atoms with Gasteiger partial charge in [-0.2, -0.15) is 4.73 Å². The van der Waals surface area contributed by atoms with Crippen LogP contribution in [-0.2, 0) is 0 Å². The second-order valence-corrected chi connectivity index (χ2v) is 7.17. The van der Waals surface area contributed by atoms with Crippen LogP contribution in [0.5, 0.6) is 5.75 Å². The van der Waals surface area contributed by atoms with Crippen LogP contribution in [0, 0.1) is 17.0 Å². The van der Waals surface area contributed by atoms with E-state index in [1.165, 1.54) is 12.6 Å². The van der Waals surface area contributed by atoms with Gasteiger partial charge in [-0.3, -0.25) is 4.90 Å². The minimum atomic E-state index is -0.621. The Labute approximate surface area is 147 Å². The van der Waals surface area contributed by atoms with Crippen LogP contribution < -0.4 is 9.47 Å². The highest BCUT2D eigenvalue weighted by Gasteiger charge is 2.42. The summed E-state index contributed by atoms with van der Waals surface area (Å²) in [6, 6.07) is 7.19. The van der Waals surface area contributed by atoms with Crippen molar-refractivity contribution in [3.05, 3.63) is 53.9 Å². The number of ether oxygens (including phenoxy) is 1. The predicted octanol–water partition coefficient (Wildman–Crippen LogP) is 2.41. The molecule has 1 N–H and O–H groups in total. The van der Waals surface area contributed by atoms with Gasteiger partial charge in [-0.25, -0.2) is 0 Å². The summed E-state index contributed by atoms with van der Waals surface area (Å²) in [5, 5.41) is 24.0. The van der Waals surface area contributed by atoms with Crippen LogP contribution >= 0.6 is 0 Å². The minimum absolute atomic E-state index is 0.0897. The Morgan fingerprint density at radius 1 is 1.44 bits per heavy atom. The molecular formula is C20H24N2O3. The SMILES string of the molecule is C=C[C@@H]1CN2CC[C@H]1C[C@@H]2[C@H](O)c1cc[n+]([O-])c2ccc(OC)cc12. The van der Waals surface area contributed by atoms with Crippen molar-refractivity contribution in [2.75, 3.05) is 20.2 Å². The van der Waals surface area contributed by atoms with Crippen molar-refractivity contribution in [3.8, 4) is 5.75 Å². The Hall–Kier alpha value is -2.11. The van der Waals surface area contributed by atoms with E-state index in [4.69, 9.17) is 4.74 Å². The van der Waals surface area contributed by atoms with Crippen LogP contribution in [0.3, 0.4) is 0 Å². The smallest absolute Gasteiger partial charge is 0.224 e. The summed E-state index contributed by atoms with van der Waals surface area (Å²) >= 11 is 0. The molecule has 1 aromatic heterocycles. The number of fused-ring (bicyclic) bond motifs is 4. The third kappa shape index (κ3) is 2.68. The van der Waals surface area contributed by atoms with Gasteiger partial charge >= 0.3 is 0 Å². The second-order valence-electron chi connectivity index (χ2n) is 7.17. The topological polar surface area (TPSA) is 59.6 Å². The van der Waals surface area contributed by atoms with Gasteiger partial charge in [-0.15, -0.1) is 6.58 Å². The lowest BCUT2D eigenvalue weighted by Crippen LogP contribution is -2.54. The van der Waals surface area contributed by atoms with E-state index in [0.717, 1.165) is 35.2 Å². The summed E-state index contributed by atoms with van der Waals surface area (Å²) in [5.41, 5.74) is 1.35. The molecule has 4 heterocycles. The lowest BCUT2D eigenvalue weighted by Gasteiger charge is -2.50. The van der Waals surface area contributed by atoms with Gasteiger partial charge in [0.05, 0.1) is 18.6 Å². The molecule has 5 heteroatoms. The maximum Gasteiger partial charge on any atom is 0.224 e. The number of hydrogen-bond donors (Lipinski definition) is 1. The molecule has 0 radical (unpaired) electrons. The van der Waals surface area contributed by atoms with E-state index >= 15 is 0 Å². The summed E-state index contributed by atoms with van der Waals surface area (Å²) in [6.45, 7) is 5.94. The number of piperidine rings is 3. The fraction of sp³-hybridized carbons (Fsp3) is 0.450. The van der Waals surface area contributed by atoms with E-state index in [0.29, 0.717) is 23.1 Å². The van der Waals surface area contributed by atoms with E-state index in [2.05, 4.69) is 17.6 Å². The maximum absolute atomic E-state index is 12.1. The number of methoxy groups -OCH3 is 1. The van der Waals surface area contributed by atoms with Gasteiger partial charge in [0.1, 0.15) is 5.75 Å². The number of nitrogens with zero attached hydrogens (tertiary/aromatic N) is 2. The lowest BCUT2D eigenvalue weighted by molar-refractivity contribution is -0.577. The fourth-order valence-electron chi connectivity index (χ4n) is 4.55. The van der Waals surface area contributed by atoms with Gasteiger partial charge in [0.2, 0.25) is 5.52 Å². The highest BCUT2D eigenvalue weighted by molar-refractivity contribution is 5.81. The molecule has 3 aliphatic rings. The Balaban J connectivity index is 1.72. The summed E-state index contributed by atoms with van der Waals surface area (Å²) in [5.74, 6) is 1.80. The zero-order chi connectivity index (χ0) is 17.6. The first-order valence-electron chi connectivity index (χ1n) is 8.87. The Morgan fingerprint density at radius 2 is 2.28 bits per heavy atom. The first kappa shape index (κ1) is 16.4. The molecule has 3 fully saturated rings. The monoisotopic (exact) mass is 340 g/mol. The van der Waals surface area contributed by atoms with Crippen molar-refractivity contribution in [3.63, 3.8) is 0 Å². The molecule has 0 aliphatic carbocycles. The van der Waals surface area contributed by atoms with Gasteiger partial charge in [0.25, 0.3) is 0 Å². The minimum Gasteiger partial charge on any atom is -0.618 e. The third-order valence-corrected chi connectivity index (χ3v) is 5.98. The largest absolute Gasteiger partial charge is 0.618 e. The average molecular weight is 340 g/mol. The number of aliphatic hydroxyl groups is 1. The molecule has 0 amide bonds. The number of pyridine rings is 1. The molecule has 25 heavy (non-hydrogen) atoms. The summed E-state index contributed by atoms with van der Waals surface area (Å²) < 4.78 is 6.15. The Kier molecular flexibility index (Phi) is 4.13. The van der Waals surface area contributed by atoms with Crippen LogP contribution in [0.25, 0.3) is 10.9 Å². The second kappa shape index (κ2) is 6.32. The maximum atomic E-state index is 12.1. The zero-order valence-corrected chi connectivity index (χ0v) is 14.5. The molecule has 5 rings (SSSR count). The molecule has 2 aromatic rings. The number of hydrogen-bond acceptors (Lipinski definition) is 4. The molecule has 2 bridgehead atoms. The molecule has 3 aliphatic heterocycles. The summed E-state index contributed by atoms with van der Waals surface area (Å²) in [6.07, 6.45) is 5.06. The van der Waals surface area contributed by atoms with Gasteiger partial charge < -0.3 is 15.1 Å². The molecule has 5 nitrogen and oxygen atoms in total. The van der Waals surface area contributed by atoms with Gasteiger partial charge in [-0.05, 0) is 43.4 Å². The van der Waals surface area contributed by atoms with E-state index < -0.39 is 6.10 Å². The zero-order valence-electron chi connectivity index (χ0n) is 14.5. The van der Waals surface area contributed by atoms with Crippen molar-refractivity contribution in [1.82, 2.24) is 4.90 Å². The number of rotatable bonds is 4. The molecule has 1 aromatic carbocycles. The quantitative estimate of drug-likeness (QED) is 0.527. The van der Waals surface area contributed by atoms with Gasteiger partial charge in [0, 0.05) is 30.3 Å². The number of aromatic nitrogens is 1. The highest BCUT2D eigenvalue weighted by atomic mass is 16.5. The predicted molar refractivity (Wildman–Crippen MR) is 96.2 cm³/mol. The van der Waals surface area contributed by atoms with Crippen LogP contribution in [-0.4, -0.2) is 36.2 Å². The fourth-order valence-corrected chi connectivity index (χ4v) is 4.55. The molecule has 3 saturated heterocycles. The highest BCUT2D eigenvalue weighted by Crippen LogP contribution is 2.42. The van der Waals surface area contributed by atoms with Crippen molar-refractivity contribution in [1.29, 1.82) is 0 Å². The lowest BCUT2D eigenvalue weighted by atomic mass is 9.73. The average Bonchev–Trinajstić information content (AvgIpc) is 2.67. The third-order valence-electron chi connectivity index (χ3n) is 5.98. The normalized spacial score (nSPS) is 29.5. The molecule has 5 atom stereocenters. The van der Waals surface area contributed by atoms with Gasteiger partial charge in [0.15, 0.2) is 6.20 Å². The first-order chi connectivity index (χ1) is 12.1. The molecule has 0 spiro atoms. The van der Waals surface area contributed by atoms with Crippen molar-refractivity contribution in [2.24, 2.45) is 11.8 Å². The molecule has 0 saturated carbocycles. The summed E-state index contributed by atoms with van der Waals surface area (Å²) in [4.78, 5) is 2.38. The molecular weight excluding hydrogens is 316 g/mol. The summed E-state index contributed by atoms with van der Waals surface area (Å²) in [7, 11) is 1.60. The molecule has 1 unspecified atom stereocenters. The first-order valence-corrected chi connectivity index (χ1v) is 8.87. The van der Waals surface area contributed by atoms with Crippen molar-refractivity contribution < 1.29 is 14.6 Å². The number of benzene rings is 1. The van der Waals surface area contributed by atoms with Crippen molar-refractivity contribution >= 4 is 10.9 Å². The number of aliphatic hydroxyl groups excluding tert-OH is 1. The van der Waals surface area contributed by atoms with Crippen LogP contribution in [0.15, 0.2) is 43.1 Å². The van der Waals surface area contributed by atoms with E-state index in [9.17, 15) is 10.3 Å². The van der Waals surface area contributed by atoms with Crippen LogP contribution in [0.4, 0.5) is 0 Å². The Morgan fingerprint density at radius 3 is 2.96 bits per heavy atom. The van der Waals surface area contributed by atoms with Gasteiger partial charge in [-0.1, -0.05) is 6.08 Å². The Bertz CT molecular complexity index is 807. The van der Waals surface area contributed by atoms with Crippen LogP contribution in [0.2, 0.25) is 0 Å². The van der Waals surface area contributed by atoms with E-state index in [1.807, 2.05) is 6.07 Å². The van der Waals surface area contributed by atoms with E-state index in [1.54, 1.807) is 25.3 Å².